The minimum absolute atomic E-state index is 0.133. The van der Waals surface area contributed by atoms with E-state index in [1.54, 1.807) is 12.1 Å². The lowest BCUT2D eigenvalue weighted by molar-refractivity contribution is 0.0988. The number of carbonyl (C=O) groups excluding carboxylic acids is 1. The third-order valence-electron chi connectivity index (χ3n) is 3.32. The molecule has 2 aromatic carbocycles. The first kappa shape index (κ1) is 14.3. The second kappa shape index (κ2) is 6.33. The molecule has 0 aromatic heterocycles. The van der Waals surface area contributed by atoms with Crippen LogP contribution in [-0.2, 0) is 6.54 Å². The van der Waals surface area contributed by atoms with Gasteiger partial charge in [0.15, 0.2) is 5.78 Å². The largest absolute Gasteiger partial charge is 0.370 e. The van der Waals surface area contributed by atoms with Crippen LogP contribution in [0.25, 0.3) is 0 Å². The molecule has 0 N–H and O–H groups in total. The fourth-order valence-corrected chi connectivity index (χ4v) is 2.08. The molecule has 3 heteroatoms. The highest BCUT2D eigenvalue weighted by Crippen LogP contribution is 2.18. The summed E-state index contributed by atoms with van der Waals surface area (Å²) in [6, 6.07) is 14.2. The maximum absolute atomic E-state index is 13.6. The number of ketones is 1. The molecule has 0 atom stereocenters. The van der Waals surface area contributed by atoms with Gasteiger partial charge in [0.25, 0.3) is 0 Å². The van der Waals surface area contributed by atoms with Crippen LogP contribution in [0.1, 0.15) is 29.3 Å². The van der Waals surface area contributed by atoms with Crippen molar-refractivity contribution in [3.63, 3.8) is 0 Å². The van der Waals surface area contributed by atoms with E-state index in [1.807, 2.05) is 49.2 Å². The maximum Gasteiger partial charge on any atom is 0.162 e. The van der Waals surface area contributed by atoms with E-state index < -0.39 is 0 Å². The number of benzene rings is 2. The van der Waals surface area contributed by atoms with Gasteiger partial charge >= 0.3 is 0 Å². The molecule has 0 unspecified atom stereocenters. The van der Waals surface area contributed by atoms with Gasteiger partial charge in [-0.05, 0) is 30.3 Å². The van der Waals surface area contributed by atoms with Gasteiger partial charge in [-0.3, -0.25) is 4.79 Å². The van der Waals surface area contributed by atoms with Gasteiger partial charge in [0.05, 0.1) is 0 Å². The average molecular weight is 271 g/mol. The van der Waals surface area contributed by atoms with Gasteiger partial charge in [0.1, 0.15) is 5.82 Å². The topological polar surface area (TPSA) is 20.3 Å². The fourth-order valence-electron chi connectivity index (χ4n) is 2.08. The zero-order chi connectivity index (χ0) is 14.5. The third kappa shape index (κ3) is 3.23. The van der Waals surface area contributed by atoms with E-state index in [-0.39, 0.29) is 11.6 Å². The van der Waals surface area contributed by atoms with Crippen molar-refractivity contribution in [3.8, 4) is 0 Å². The molecule has 0 spiro atoms. The first-order valence-corrected chi connectivity index (χ1v) is 6.69. The van der Waals surface area contributed by atoms with Crippen molar-refractivity contribution in [2.24, 2.45) is 0 Å². The molecule has 0 bridgehead atoms. The Bertz CT molecular complexity index is 592. The van der Waals surface area contributed by atoms with Gasteiger partial charge in [0.2, 0.25) is 0 Å². The van der Waals surface area contributed by atoms with Crippen LogP contribution in [0, 0.1) is 5.82 Å². The molecule has 0 saturated heterocycles. The van der Waals surface area contributed by atoms with Gasteiger partial charge in [-0.15, -0.1) is 0 Å². The summed E-state index contributed by atoms with van der Waals surface area (Å²) in [7, 11) is 1.91. The van der Waals surface area contributed by atoms with Crippen molar-refractivity contribution < 1.29 is 9.18 Å². The molecular formula is C17H18FNO. The van der Waals surface area contributed by atoms with Crippen LogP contribution in [0.2, 0.25) is 0 Å². The summed E-state index contributed by atoms with van der Waals surface area (Å²) < 4.78 is 13.6. The summed E-state index contributed by atoms with van der Waals surface area (Å²) >= 11 is 0. The molecule has 2 rings (SSSR count). The van der Waals surface area contributed by atoms with Gasteiger partial charge in [-0.1, -0.05) is 25.1 Å². The number of carbonyl (C=O) groups is 1. The lowest BCUT2D eigenvalue weighted by Crippen LogP contribution is -2.17. The average Bonchev–Trinajstić information content (AvgIpc) is 2.49. The van der Waals surface area contributed by atoms with Crippen molar-refractivity contribution in [2.45, 2.75) is 19.9 Å². The van der Waals surface area contributed by atoms with E-state index in [4.69, 9.17) is 0 Å². The Morgan fingerprint density at radius 3 is 2.35 bits per heavy atom. The Balaban J connectivity index is 2.12. The normalized spacial score (nSPS) is 10.3. The molecule has 0 radical (unpaired) electrons. The molecule has 0 aliphatic carbocycles. The highest BCUT2D eigenvalue weighted by Gasteiger charge is 2.07. The highest BCUT2D eigenvalue weighted by molar-refractivity contribution is 5.96. The monoisotopic (exact) mass is 271 g/mol. The van der Waals surface area contributed by atoms with E-state index in [2.05, 4.69) is 0 Å². The first-order chi connectivity index (χ1) is 9.61. The van der Waals surface area contributed by atoms with Gasteiger partial charge < -0.3 is 4.90 Å². The van der Waals surface area contributed by atoms with E-state index >= 15 is 0 Å². The molecule has 20 heavy (non-hydrogen) atoms. The molecule has 0 aliphatic rings. The maximum atomic E-state index is 13.6. The number of Topliss-reactive ketones (excluding diaryl/α,β-unsaturated/α-hetero) is 1. The Labute approximate surface area is 118 Å². The second-order valence-corrected chi connectivity index (χ2v) is 4.77. The van der Waals surface area contributed by atoms with Gasteiger partial charge in [-0.2, -0.15) is 0 Å². The Hall–Kier alpha value is -2.16. The number of nitrogens with zero attached hydrogens (tertiary/aromatic N) is 1. The van der Waals surface area contributed by atoms with Crippen molar-refractivity contribution in [2.75, 3.05) is 11.9 Å². The molecule has 0 amide bonds. The van der Waals surface area contributed by atoms with Crippen LogP contribution in [0.15, 0.2) is 48.5 Å². The minimum Gasteiger partial charge on any atom is -0.370 e. The molecule has 0 fully saturated rings. The molecule has 2 nitrogen and oxygen atoms in total. The Morgan fingerprint density at radius 2 is 1.75 bits per heavy atom. The van der Waals surface area contributed by atoms with E-state index in [0.717, 1.165) is 11.3 Å². The fraction of sp³-hybridized carbons (Fsp3) is 0.235. The quantitative estimate of drug-likeness (QED) is 0.764. The summed E-state index contributed by atoms with van der Waals surface area (Å²) in [5, 5.41) is 0. The van der Waals surface area contributed by atoms with Crippen LogP contribution in [-0.4, -0.2) is 12.8 Å². The number of hydrogen-bond acceptors (Lipinski definition) is 2. The van der Waals surface area contributed by atoms with Gasteiger partial charge in [-0.25, -0.2) is 4.39 Å². The predicted octanol–water partition coefficient (Wildman–Crippen LogP) is 4.05. The van der Waals surface area contributed by atoms with E-state index in [0.29, 0.717) is 18.5 Å². The number of anilines is 1. The van der Waals surface area contributed by atoms with E-state index in [1.165, 1.54) is 6.07 Å². The summed E-state index contributed by atoms with van der Waals surface area (Å²) in [4.78, 5) is 13.5. The predicted molar refractivity (Wildman–Crippen MR) is 79.6 cm³/mol. The molecule has 104 valence electrons. The smallest absolute Gasteiger partial charge is 0.162 e. The van der Waals surface area contributed by atoms with E-state index in [9.17, 15) is 9.18 Å². The Kier molecular flexibility index (Phi) is 4.51. The standard InChI is InChI=1S/C17H18FNO/c1-3-17(20)13-8-10-15(11-9-13)19(2)12-14-6-4-5-7-16(14)18/h4-11H,3,12H2,1-2H3. The summed E-state index contributed by atoms with van der Waals surface area (Å²) in [5.74, 6) is -0.0644. The van der Waals surface area contributed by atoms with Crippen molar-refractivity contribution in [1.29, 1.82) is 0 Å². The zero-order valence-corrected chi connectivity index (χ0v) is 11.8. The zero-order valence-electron chi connectivity index (χ0n) is 11.8. The second-order valence-electron chi connectivity index (χ2n) is 4.77. The highest BCUT2D eigenvalue weighted by atomic mass is 19.1. The summed E-state index contributed by atoms with van der Waals surface area (Å²) in [6.45, 7) is 2.34. The van der Waals surface area contributed by atoms with Gasteiger partial charge in [0, 0.05) is 36.8 Å². The lowest BCUT2D eigenvalue weighted by Gasteiger charge is -2.20. The lowest BCUT2D eigenvalue weighted by atomic mass is 10.1. The first-order valence-electron chi connectivity index (χ1n) is 6.69. The van der Waals surface area contributed by atoms with Crippen molar-refractivity contribution in [1.82, 2.24) is 0 Å². The van der Waals surface area contributed by atoms with Crippen LogP contribution in [0.5, 0.6) is 0 Å². The van der Waals surface area contributed by atoms with Crippen LogP contribution >= 0.6 is 0 Å². The van der Waals surface area contributed by atoms with Crippen LogP contribution < -0.4 is 4.90 Å². The SMILES string of the molecule is CCC(=O)c1ccc(N(C)Cc2ccccc2F)cc1. The molecule has 2 aromatic rings. The van der Waals surface area contributed by atoms with Crippen LogP contribution in [0.3, 0.4) is 0 Å². The molecule has 0 aliphatic heterocycles. The van der Waals surface area contributed by atoms with Crippen molar-refractivity contribution >= 4 is 11.5 Å². The molecular weight excluding hydrogens is 253 g/mol. The number of halogens is 1. The number of rotatable bonds is 5. The number of hydrogen-bond donors (Lipinski definition) is 0. The summed E-state index contributed by atoms with van der Waals surface area (Å²) in [5.41, 5.74) is 2.33. The minimum atomic E-state index is -0.197. The Morgan fingerprint density at radius 1 is 1.10 bits per heavy atom. The summed E-state index contributed by atoms with van der Waals surface area (Å²) in [6.07, 6.45) is 0.504. The molecule has 0 saturated carbocycles. The molecule has 0 heterocycles. The van der Waals surface area contributed by atoms with Crippen molar-refractivity contribution in [3.05, 3.63) is 65.5 Å². The third-order valence-corrected chi connectivity index (χ3v) is 3.32. The van der Waals surface area contributed by atoms with Crippen LogP contribution in [0.4, 0.5) is 10.1 Å².